The van der Waals surface area contributed by atoms with E-state index in [2.05, 4.69) is 22.0 Å². The fraction of sp³-hybridized carbons (Fsp3) is 0.364. The topological polar surface area (TPSA) is 33.0 Å². The van der Waals surface area contributed by atoms with E-state index in [1.165, 1.54) is 0 Å². The number of nitrogens with zero attached hydrogens (tertiary/aromatic N) is 1. The lowest BCUT2D eigenvalue weighted by Gasteiger charge is -2.08. The molecule has 0 atom stereocenters. The van der Waals surface area contributed by atoms with Gasteiger partial charge in [0.15, 0.2) is 0 Å². The van der Waals surface area contributed by atoms with E-state index in [0.717, 1.165) is 27.8 Å². The van der Waals surface area contributed by atoms with Crippen molar-refractivity contribution in [2.24, 2.45) is 0 Å². The van der Waals surface area contributed by atoms with Crippen LogP contribution in [0.4, 0.5) is 0 Å². The van der Waals surface area contributed by atoms with Gasteiger partial charge in [0.05, 0.1) is 13.2 Å². The van der Waals surface area contributed by atoms with Crippen LogP contribution in [0.1, 0.15) is 17.5 Å². The summed E-state index contributed by atoms with van der Waals surface area (Å²) >= 11 is 3.48. The van der Waals surface area contributed by atoms with Gasteiger partial charge in [-0.3, -0.25) is 0 Å². The number of ether oxygens (including phenoxy) is 1. The summed E-state index contributed by atoms with van der Waals surface area (Å²) in [5, 5.41) is 8.50. The fourth-order valence-electron chi connectivity index (χ4n) is 1.30. The molecule has 74 valence electrons. The Labute approximate surface area is 92.6 Å². The van der Waals surface area contributed by atoms with Gasteiger partial charge in [0.25, 0.3) is 0 Å². The summed E-state index contributed by atoms with van der Waals surface area (Å²) in [6.07, 6.45) is 1.29. The summed E-state index contributed by atoms with van der Waals surface area (Å²) in [6, 6.07) is 6.14. The maximum atomic E-state index is 8.50. The first kappa shape index (κ1) is 11.1. The van der Waals surface area contributed by atoms with Crippen molar-refractivity contribution in [3.8, 4) is 11.8 Å². The number of hydrogen-bond donors (Lipinski definition) is 0. The number of nitriles is 1. The molecule has 0 saturated carbocycles. The Morgan fingerprint density at radius 1 is 1.50 bits per heavy atom. The van der Waals surface area contributed by atoms with Gasteiger partial charge in [-0.2, -0.15) is 5.26 Å². The lowest BCUT2D eigenvalue weighted by atomic mass is 10.1. The molecule has 3 heteroatoms. The standard InChI is InChI=1S/C11H12BrNO/c1-8-6-10(12)9(4-3-5-13)7-11(8)14-2/h6-7H,3-4H2,1-2H3. The minimum Gasteiger partial charge on any atom is -0.496 e. The molecule has 0 aliphatic heterocycles. The SMILES string of the molecule is COc1cc(CCC#N)c(Br)cc1C. The van der Waals surface area contributed by atoms with E-state index in [-0.39, 0.29) is 0 Å². The molecule has 0 aliphatic carbocycles. The van der Waals surface area contributed by atoms with Crippen LogP contribution in [0.3, 0.4) is 0 Å². The van der Waals surface area contributed by atoms with Crippen LogP contribution in [-0.2, 0) is 6.42 Å². The van der Waals surface area contributed by atoms with Crippen molar-refractivity contribution in [1.82, 2.24) is 0 Å². The number of methoxy groups -OCH3 is 1. The Kier molecular flexibility index (Phi) is 3.97. The van der Waals surface area contributed by atoms with Crippen LogP contribution in [0.15, 0.2) is 16.6 Å². The van der Waals surface area contributed by atoms with Gasteiger partial charge in [-0.25, -0.2) is 0 Å². The van der Waals surface area contributed by atoms with E-state index < -0.39 is 0 Å². The third-order valence-corrected chi connectivity index (χ3v) is 2.81. The Hall–Kier alpha value is -1.01. The zero-order valence-electron chi connectivity index (χ0n) is 8.30. The van der Waals surface area contributed by atoms with Crippen molar-refractivity contribution in [1.29, 1.82) is 5.26 Å². The minimum absolute atomic E-state index is 0.533. The second-order valence-electron chi connectivity index (χ2n) is 3.07. The van der Waals surface area contributed by atoms with Gasteiger partial charge in [0.2, 0.25) is 0 Å². The summed E-state index contributed by atoms with van der Waals surface area (Å²) < 4.78 is 6.26. The molecule has 0 spiro atoms. The number of hydrogen-bond acceptors (Lipinski definition) is 2. The summed E-state index contributed by atoms with van der Waals surface area (Å²) in [7, 11) is 1.66. The average Bonchev–Trinajstić information content (AvgIpc) is 2.17. The highest BCUT2D eigenvalue weighted by atomic mass is 79.9. The maximum absolute atomic E-state index is 8.50. The van der Waals surface area contributed by atoms with E-state index in [9.17, 15) is 0 Å². The number of benzene rings is 1. The molecule has 1 rings (SSSR count). The van der Waals surface area contributed by atoms with E-state index >= 15 is 0 Å². The van der Waals surface area contributed by atoms with E-state index in [0.29, 0.717) is 6.42 Å². The fourth-order valence-corrected chi connectivity index (χ4v) is 1.95. The zero-order valence-corrected chi connectivity index (χ0v) is 9.89. The van der Waals surface area contributed by atoms with Gasteiger partial charge in [-0.05, 0) is 36.6 Å². The summed E-state index contributed by atoms with van der Waals surface area (Å²) in [4.78, 5) is 0. The van der Waals surface area contributed by atoms with Crippen LogP contribution >= 0.6 is 15.9 Å². The van der Waals surface area contributed by atoms with Crippen molar-refractivity contribution >= 4 is 15.9 Å². The van der Waals surface area contributed by atoms with Crippen LogP contribution in [0.2, 0.25) is 0 Å². The van der Waals surface area contributed by atoms with Crippen LogP contribution in [0.25, 0.3) is 0 Å². The molecule has 0 amide bonds. The summed E-state index contributed by atoms with van der Waals surface area (Å²) in [5.74, 6) is 0.876. The van der Waals surface area contributed by atoms with Crippen molar-refractivity contribution in [3.63, 3.8) is 0 Å². The monoisotopic (exact) mass is 253 g/mol. The van der Waals surface area contributed by atoms with Gasteiger partial charge in [-0.15, -0.1) is 0 Å². The van der Waals surface area contributed by atoms with Crippen LogP contribution in [0, 0.1) is 18.3 Å². The number of halogens is 1. The molecule has 14 heavy (non-hydrogen) atoms. The first-order valence-electron chi connectivity index (χ1n) is 4.39. The third-order valence-electron chi connectivity index (χ3n) is 2.07. The highest BCUT2D eigenvalue weighted by Crippen LogP contribution is 2.27. The normalized spacial score (nSPS) is 9.57. The maximum Gasteiger partial charge on any atom is 0.122 e. The molecule has 1 aromatic carbocycles. The first-order valence-corrected chi connectivity index (χ1v) is 5.18. The Morgan fingerprint density at radius 3 is 2.79 bits per heavy atom. The minimum atomic E-state index is 0.533. The van der Waals surface area contributed by atoms with Crippen molar-refractivity contribution in [2.75, 3.05) is 7.11 Å². The highest BCUT2D eigenvalue weighted by molar-refractivity contribution is 9.10. The van der Waals surface area contributed by atoms with E-state index in [1.807, 2.05) is 19.1 Å². The molecule has 2 nitrogen and oxygen atoms in total. The predicted molar refractivity (Wildman–Crippen MR) is 59.4 cm³/mol. The molecule has 0 bridgehead atoms. The molecule has 0 N–H and O–H groups in total. The van der Waals surface area contributed by atoms with Gasteiger partial charge in [-0.1, -0.05) is 15.9 Å². The van der Waals surface area contributed by atoms with Crippen molar-refractivity contribution in [2.45, 2.75) is 19.8 Å². The number of aryl methyl sites for hydroxylation is 2. The zero-order chi connectivity index (χ0) is 10.6. The molecular formula is C11H12BrNO. The summed E-state index contributed by atoms with van der Waals surface area (Å²) in [6.45, 7) is 2.00. The molecule has 0 heterocycles. The molecule has 0 radical (unpaired) electrons. The lowest BCUT2D eigenvalue weighted by Crippen LogP contribution is -1.92. The van der Waals surface area contributed by atoms with Crippen LogP contribution in [0.5, 0.6) is 5.75 Å². The predicted octanol–water partition coefficient (Wildman–Crippen LogP) is 3.22. The average molecular weight is 254 g/mol. The first-order chi connectivity index (χ1) is 6.69. The molecule has 0 fully saturated rings. The highest BCUT2D eigenvalue weighted by Gasteiger charge is 2.05. The van der Waals surface area contributed by atoms with Gasteiger partial charge >= 0.3 is 0 Å². The van der Waals surface area contributed by atoms with Crippen molar-refractivity contribution in [3.05, 3.63) is 27.7 Å². The quantitative estimate of drug-likeness (QED) is 0.829. The molecule has 0 unspecified atom stereocenters. The molecular weight excluding hydrogens is 242 g/mol. The smallest absolute Gasteiger partial charge is 0.122 e. The second kappa shape index (κ2) is 5.02. The summed E-state index contributed by atoms with van der Waals surface area (Å²) in [5.41, 5.74) is 2.22. The van der Waals surface area contributed by atoms with Gasteiger partial charge in [0, 0.05) is 10.9 Å². The largest absolute Gasteiger partial charge is 0.496 e. The Bertz CT molecular complexity index is 368. The number of rotatable bonds is 3. The van der Waals surface area contributed by atoms with E-state index in [4.69, 9.17) is 10.00 Å². The van der Waals surface area contributed by atoms with Gasteiger partial charge in [0.1, 0.15) is 5.75 Å². The Balaban J connectivity index is 2.99. The molecule has 0 saturated heterocycles. The van der Waals surface area contributed by atoms with E-state index in [1.54, 1.807) is 7.11 Å². The molecule has 0 aliphatic rings. The second-order valence-corrected chi connectivity index (χ2v) is 3.93. The Morgan fingerprint density at radius 2 is 2.21 bits per heavy atom. The molecule has 0 aromatic heterocycles. The van der Waals surface area contributed by atoms with Crippen LogP contribution in [-0.4, -0.2) is 7.11 Å². The van der Waals surface area contributed by atoms with Crippen LogP contribution < -0.4 is 4.74 Å². The third kappa shape index (κ3) is 2.49. The van der Waals surface area contributed by atoms with Crippen molar-refractivity contribution < 1.29 is 4.74 Å². The van der Waals surface area contributed by atoms with Gasteiger partial charge < -0.3 is 4.74 Å². The molecule has 1 aromatic rings. The lowest BCUT2D eigenvalue weighted by molar-refractivity contribution is 0.411.